The molecule has 6 nitrogen and oxygen atoms in total. The lowest BCUT2D eigenvalue weighted by Crippen LogP contribution is -2.13. The van der Waals surface area contributed by atoms with E-state index < -0.39 is 0 Å². The lowest BCUT2D eigenvalue weighted by Gasteiger charge is -2.14. The van der Waals surface area contributed by atoms with Crippen LogP contribution in [0, 0.1) is 0 Å². The van der Waals surface area contributed by atoms with Gasteiger partial charge in [-0.05, 0) is 61.0 Å². The van der Waals surface area contributed by atoms with Gasteiger partial charge in [0.2, 0.25) is 5.95 Å². The number of Topliss-reactive ketones (excluding diaryl/α,β-unsaturated/α-hetero) is 1. The molecule has 1 aromatic carbocycles. The number of aromatic hydroxyl groups is 1. The fourth-order valence-electron chi connectivity index (χ4n) is 3.25. The van der Waals surface area contributed by atoms with Crippen LogP contribution in [0.3, 0.4) is 0 Å². The number of phenolic OH excluding ortho intramolecular Hbond substituents is 1. The van der Waals surface area contributed by atoms with Crippen molar-refractivity contribution in [3.63, 3.8) is 0 Å². The summed E-state index contributed by atoms with van der Waals surface area (Å²) >= 11 is 1.48. The Morgan fingerprint density at radius 3 is 2.73 bits per heavy atom. The van der Waals surface area contributed by atoms with Crippen molar-refractivity contribution in [3.05, 3.63) is 77.1 Å². The summed E-state index contributed by atoms with van der Waals surface area (Å²) in [6.07, 6.45) is 3.64. The standard InChI is InChI=1S/C23H22N4O2S/c1-15(18-6-2-3-13-24-18)25-23-26-19-12-14-30-22(19)21(27-23)20(29)7-4-5-16-8-10-17(28)11-9-16/h2-3,6,8-15,28H,4-5,7H2,1H3,(H,25,26,27)/t15-/m0/s1. The van der Waals surface area contributed by atoms with Crippen LogP contribution in [0.4, 0.5) is 5.95 Å². The molecule has 0 aliphatic heterocycles. The van der Waals surface area contributed by atoms with Gasteiger partial charge in [-0.1, -0.05) is 18.2 Å². The Kier molecular flexibility index (Phi) is 5.99. The van der Waals surface area contributed by atoms with Gasteiger partial charge in [-0.2, -0.15) is 0 Å². The third-order valence-corrected chi connectivity index (χ3v) is 5.76. The van der Waals surface area contributed by atoms with Crippen molar-refractivity contribution >= 4 is 33.3 Å². The van der Waals surface area contributed by atoms with E-state index in [0.29, 0.717) is 24.5 Å². The van der Waals surface area contributed by atoms with Gasteiger partial charge in [0.05, 0.1) is 22.0 Å². The topological polar surface area (TPSA) is 88.0 Å². The molecule has 0 amide bonds. The van der Waals surface area contributed by atoms with E-state index in [9.17, 15) is 9.90 Å². The van der Waals surface area contributed by atoms with Gasteiger partial charge in [-0.15, -0.1) is 11.3 Å². The average Bonchev–Trinajstić information content (AvgIpc) is 3.23. The maximum atomic E-state index is 12.9. The van der Waals surface area contributed by atoms with Gasteiger partial charge >= 0.3 is 0 Å². The Labute approximate surface area is 178 Å². The number of hydrogen-bond donors (Lipinski definition) is 2. The van der Waals surface area contributed by atoms with Crippen molar-refractivity contribution in [3.8, 4) is 5.75 Å². The van der Waals surface area contributed by atoms with Crippen molar-refractivity contribution in [2.45, 2.75) is 32.2 Å². The van der Waals surface area contributed by atoms with Gasteiger partial charge in [0, 0.05) is 12.6 Å². The second kappa shape index (κ2) is 9.00. The minimum atomic E-state index is -0.0836. The number of aryl methyl sites for hydroxylation is 1. The lowest BCUT2D eigenvalue weighted by molar-refractivity contribution is 0.0977. The Balaban J connectivity index is 1.49. The monoisotopic (exact) mass is 418 g/mol. The van der Waals surface area contributed by atoms with Gasteiger partial charge in [-0.3, -0.25) is 9.78 Å². The Morgan fingerprint density at radius 2 is 1.97 bits per heavy atom. The summed E-state index contributed by atoms with van der Waals surface area (Å²) in [4.78, 5) is 26.4. The molecule has 2 N–H and O–H groups in total. The molecule has 3 heterocycles. The first kappa shape index (κ1) is 20.0. The van der Waals surface area contributed by atoms with E-state index in [2.05, 4.69) is 20.3 Å². The van der Waals surface area contributed by atoms with E-state index in [1.807, 2.05) is 48.7 Å². The smallest absolute Gasteiger partial charge is 0.224 e. The van der Waals surface area contributed by atoms with Crippen molar-refractivity contribution < 1.29 is 9.90 Å². The quantitative estimate of drug-likeness (QED) is 0.384. The molecule has 0 unspecified atom stereocenters. The molecule has 0 spiro atoms. The van der Waals surface area contributed by atoms with E-state index in [-0.39, 0.29) is 17.6 Å². The molecule has 3 aromatic heterocycles. The van der Waals surface area contributed by atoms with Gasteiger partial charge in [0.15, 0.2) is 5.78 Å². The average molecular weight is 419 g/mol. The fraction of sp³-hybridized carbons (Fsp3) is 0.217. The van der Waals surface area contributed by atoms with Gasteiger partial charge in [-0.25, -0.2) is 9.97 Å². The van der Waals surface area contributed by atoms with Crippen LogP contribution in [-0.4, -0.2) is 25.8 Å². The molecule has 0 aliphatic carbocycles. The summed E-state index contributed by atoms with van der Waals surface area (Å²) in [5.74, 6) is 0.689. The van der Waals surface area contributed by atoms with Crippen LogP contribution < -0.4 is 5.32 Å². The number of nitrogens with zero attached hydrogens (tertiary/aromatic N) is 3. The number of nitrogens with one attached hydrogen (secondary N) is 1. The zero-order valence-corrected chi connectivity index (χ0v) is 17.4. The molecular weight excluding hydrogens is 396 g/mol. The maximum Gasteiger partial charge on any atom is 0.224 e. The number of rotatable bonds is 8. The summed E-state index contributed by atoms with van der Waals surface area (Å²) < 4.78 is 0.820. The number of fused-ring (bicyclic) bond motifs is 1. The van der Waals surface area contributed by atoms with Crippen molar-refractivity contribution in [1.29, 1.82) is 0 Å². The summed E-state index contributed by atoms with van der Waals surface area (Å²) in [6, 6.07) is 14.7. The molecule has 152 valence electrons. The molecule has 0 saturated heterocycles. The maximum absolute atomic E-state index is 12.9. The first-order chi connectivity index (χ1) is 14.6. The van der Waals surface area contributed by atoms with E-state index in [0.717, 1.165) is 27.9 Å². The molecular formula is C23H22N4O2S. The zero-order valence-electron chi connectivity index (χ0n) is 16.6. The van der Waals surface area contributed by atoms with Crippen LogP contribution in [0.5, 0.6) is 5.75 Å². The molecule has 0 saturated carbocycles. The summed E-state index contributed by atoms with van der Waals surface area (Å²) in [5.41, 5.74) is 3.22. The van der Waals surface area contributed by atoms with Gasteiger partial charge in [0.1, 0.15) is 11.4 Å². The predicted octanol–water partition coefficient (Wildman–Crippen LogP) is 5.17. The van der Waals surface area contributed by atoms with Crippen LogP contribution >= 0.6 is 11.3 Å². The zero-order chi connectivity index (χ0) is 20.9. The van der Waals surface area contributed by atoms with Crippen LogP contribution in [0.25, 0.3) is 10.2 Å². The van der Waals surface area contributed by atoms with Crippen LogP contribution in [0.1, 0.15) is 47.6 Å². The third kappa shape index (κ3) is 4.63. The molecule has 0 radical (unpaired) electrons. The molecule has 7 heteroatoms. The molecule has 0 bridgehead atoms. The Morgan fingerprint density at radius 1 is 1.13 bits per heavy atom. The molecule has 4 rings (SSSR count). The number of carbonyl (C=O) groups excluding carboxylic acids is 1. The highest BCUT2D eigenvalue weighted by molar-refractivity contribution is 7.17. The third-order valence-electron chi connectivity index (χ3n) is 4.85. The van der Waals surface area contributed by atoms with Crippen molar-refractivity contribution in [2.24, 2.45) is 0 Å². The Bertz CT molecular complexity index is 1140. The van der Waals surface area contributed by atoms with Crippen LogP contribution in [-0.2, 0) is 6.42 Å². The van der Waals surface area contributed by atoms with E-state index in [1.165, 1.54) is 11.3 Å². The minimum absolute atomic E-state index is 0.0113. The molecule has 0 aliphatic rings. The highest BCUT2D eigenvalue weighted by atomic mass is 32.1. The number of aromatic nitrogens is 3. The summed E-state index contributed by atoms with van der Waals surface area (Å²) in [7, 11) is 0. The highest BCUT2D eigenvalue weighted by Gasteiger charge is 2.17. The largest absolute Gasteiger partial charge is 0.508 e. The number of anilines is 1. The SMILES string of the molecule is C[C@H](Nc1nc(C(=O)CCCc2ccc(O)cc2)c2sccc2n1)c1ccccn1. The number of pyridine rings is 1. The molecule has 0 fully saturated rings. The van der Waals surface area contributed by atoms with Crippen molar-refractivity contribution in [1.82, 2.24) is 15.0 Å². The number of thiophene rings is 1. The fourth-order valence-corrected chi connectivity index (χ4v) is 4.09. The lowest BCUT2D eigenvalue weighted by atomic mass is 10.0. The number of phenols is 1. The number of ketones is 1. The normalized spacial score (nSPS) is 12.0. The van der Waals surface area contributed by atoms with Gasteiger partial charge in [0.25, 0.3) is 0 Å². The Hall–Kier alpha value is -3.32. The minimum Gasteiger partial charge on any atom is -0.508 e. The molecule has 1 atom stereocenters. The molecule has 4 aromatic rings. The van der Waals surface area contributed by atoms with E-state index >= 15 is 0 Å². The second-order valence-electron chi connectivity index (χ2n) is 7.09. The van der Waals surface area contributed by atoms with E-state index in [4.69, 9.17) is 0 Å². The van der Waals surface area contributed by atoms with E-state index in [1.54, 1.807) is 18.3 Å². The van der Waals surface area contributed by atoms with Crippen molar-refractivity contribution in [2.75, 3.05) is 5.32 Å². The first-order valence-electron chi connectivity index (χ1n) is 9.84. The number of benzene rings is 1. The number of carbonyl (C=O) groups is 1. The molecule has 30 heavy (non-hydrogen) atoms. The summed E-state index contributed by atoms with van der Waals surface area (Å²) in [6.45, 7) is 1.99. The first-order valence-corrected chi connectivity index (χ1v) is 10.7. The van der Waals surface area contributed by atoms with Gasteiger partial charge < -0.3 is 10.4 Å². The highest BCUT2D eigenvalue weighted by Crippen LogP contribution is 2.26. The number of hydrogen-bond acceptors (Lipinski definition) is 7. The second-order valence-corrected chi connectivity index (χ2v) is 8.01. The predicted molar refractivity (Wildman–Crippen MR) is 119 cm³/mol. The summed E-state index contributed by atoms with van der Waals surface area (Å²) in [5, 5.41) is 14.6. The van der Waals surface area contributed by atoms with Crippen LogP contribution in [0.15, 0.2) is 60.1 Å². The van der Waals surface area contributed by atoms with Crippen LogP contribution in [0.2, 0.25) is 0 Å².